The Morgan fingerprint density at radius 2 is 2.47 bits per heavy atom. The number of hydrogen-bond donors (Lipinski definition) is 2. The highest BCUT2D eigenvalue weighted by molar-refractivity contribution is 9.10. The number of aromatic nitrogens is 2. The van der Waals surface area contributed by atoms with Crippen molar-refractivity contribution in [1.29, 1.82) is 0 Å². The summed E-state index contributed by atoms with van der Waals surface area (Å²) in [5.41, 5.74) is 2.04. The second-order valence-corrected chi connectivity index (χ2v) is 4.97. The average Bonchev–Trinajstić information content (AvgIpc) is 2.95. The highest BCUT2D eigenvalue weighted by atomic mass is 79.9. The van der Waals surface area contributed by atoms with Crippen molar-refractivity contribution in [2.45, 2.75) is 31.6 Å². The first kappa shape index (κ1) is 13.9. The average molecular weight is 334 g/mol. The molecule has 1 aliphatic rings. The zero-order chi connectivity index (χ0) is 14.0. The fraction of sp³-hybridized carbons (Fsp3) is 0.556. The van der Waals surface area contributed by atoms with E-state index in [1.165, 1.54) is 10.9 Å². The van der Waals surface area contributed by atoms with Gasteiger partial charge >= 0.3 is 5.82 Å². The minimum atomic E-state index is -0.569. The topological polar surface area (TPSA) is 125 Å². The van der Waals surface area contributed by atoms with Gasteiger partial charge in [-0.1, -0.05) is 0 Å². The van der Waals surface area contributed by atoms with Gasteiger partial charge in [-0.05, 0) is 33.7 Å². The Morgan fingerprint density at radius 3 is 3.05 bits per heavy atom. The molecule has 1 fully saturated rings. The van der Waals surface area contributed by atoms with E-state index in [0.717, 1.165) is 0 Å². The van der Waals surface area contributed by atoms with Crippen LogP contribution in [0.15, 0.2) is 10.7 Å². The normalized spacial score (nSPS) is 22.4. The molecular weight excluding hydrogens is 322 g/mol. The van der Waals surface area contributed by atoms with Crippen LogP contribution >= 0.6 is 15.9 Å². The molecule has 0 spiro atoms. The molecule has 0 saturated carbocycles. The smallest absolute Gasteiger partial charge is 0.363 e. The lowest BCUT2D eigenvalue weighted by atomic mass is 10.2. The monoisotopic (exact) mass is 333 g/mol. The number of hydrogen-bond acceptors (Lipinski definition) is 6. The molecule has 19 heavy (non-hydrogen) atoms. The van der Waals surface area contributed by atoms with Gasteiger partial charge in [-0.3, -0.25) is 10.2 Å². The minimum Gasteiger partial charge on any atom is -0.363 e. The molecule has 0 radical (unpaired) electrons. The van der Waals surface area contributed by atoms with Crippen LogP contribution < -0.4 is 11.3 Å². The zero-order valence-corrected chi connectivity index (χ0v) is 11.4. The molecule has 1 saturated heterocycles. The number of rotatable bonds is 4. The standard InChI is InChI=1S/C9H12BrN5O4/c10-6-4-14(13-8(6)15(17)18)3-5-1-2-7(19-5)9(16)12-11/h4-5,7H,1-3,11H2,(H,12,16). The third-order valence-electron chi connectivity index (χ3n) is 2.81. The molecule has 0 bridgehead atoms. The summed E-state index contributed by atoms with van der Waals surface area (Å²) in [5, 5.41) is 14.5. The van der Waals surface area contributed by atoms with Crippen LogP contribution in [0, 0.1) is 10.1 Å². The van der Waals surface area contributed by atoms with Gasteiger partial charge in [-0.25, -0.2) is 5.84 Å². The van der Waals surface area contributed by atoms with Crippen LogP contribution in [-0.2, 0) is 16.1 Å². The molecule has 1 aliphatic heterocycles. The van der Waals surface area contributed by atoms with Gasteiger partial charge in [0.1, 0.15) is 10.6 Å². The number of ether oxygens (including phenoxy) is 1. The van der Waals surface area contributed by atoms with E-state index in [2.05, 4.69) is 21.0 Å². The van der Waals surface area contributed by atoms with Crippen molar-refractivity contribution in [3.05, 3.63) is 20.8 Å². The van der Waals surface area contributed by atoms with E-state index in [1.807, 2.05) is 5.43 Å². The molecule has 2 atom stereocenters. The van der Waals surface area contributed by atoms with Gasteiger partial charge in [0.15, 0.2) is 0 Å². The molecule has 104 valence electrons. The first-order valence-electron chi connectivity index (χ1n) is 5.54. The summed E-state index contributed by atoms with van der Waals surface area (Å²) in [7, 11) is 0. The fourth-order valence-electron chi connectivity index (χ4n) is 1.94. The summed E-state index contributed by atoms with van der Waals surface area (Å²) >= 11 is 3.07. The first-order valence-corrected chi connectivity index (χ1v) is 6.34. The lowest BCUT2D eigenvalue weighted by Gasteiger charge is -2.10. The molecule has 0 aromatic carbocycles. The van der Waals surface area contributed by atoms with Crippen LogP contribution in [0.25, 0.3) is 0 Å². The number of nitrogens with one attached hydrogen (secondary N) is 1. The number of carbonyl (C=O) groups excluding carboxylic acids is 1. The SMILES string of the molecule is NNC(=O)C1CCC(Cn2cc(Br)c([N+](=O)[O-])n2)O1. The van der Waals surface area contributed by atoms with Crippen molar-refractivity contribution >= 4 is 27.7 Å². The number of nitrogens with zero attached hydrogens (tertiary/aromatic N) is 3. The lowest BCUT2D eigenvalue weighted by Crippen LogP contribution is -2.39. The van der Waals surface area contributed by atoms with E-state index in [-0.39, 0.29) is 17.8 Å². The van der Waals surface area contributed by atoms with E-state index in [0.29, 0.717) is 23.9 Å². The maximum atomic E-state index is 11.3. The second kappa shape index (κ2) is 5.63. The number of nitrogens with two attached hydrogens (primary N) is 1. The molecule has 1 aromatic rings. The molecule has 1 amide bonds. The van der Waals surface area contributed by atoms with E-state index in [1.54, 1.807) is 0 Å². The summed E-state index contributed by atoms with van der Waals surface area (Å²) in [6.07, 6.45) is 1.97. The Bertz CT molecular complexity index is 505. The van der Waals surface area contributed by atoms with Crippen molar-refractivity contribution < 1.29 is 14.5 Å². The third kappa shape index (κ3) is 3.08. The van der Waals surface area contributed by atoms with E-state index < -0.39 is 11.0 Å². The Morgan fingerprint density at radius 1 is 1.74 bits per heavy atom. The van der Waals surface area contributed by atoms with Crippen LogP contribution in [0.1, 0.15) is 12.8 Å². The van der Waals surface area contributed by atoms with Crippen LogP contribution in [-0.4, -0.2) is 32.8 Å². The van der Waals surface area contributed by atoms with Gasteiger partial charge in [0.05, 0.1) is 23.9 Å². The van der Waals surface area contributed by atoms with Crippen LogP contribution in [0.4, 0.5) is 5.82 Å². The van der Waals surface area contributed by atoms with Crippen molar-refractivity contribution in [2.24, 2.45) is 5.84 Å². The molecule has 9 nitrogen and oxygen atoms in total. The van der Waals surface area contributed by atoms with Crippen LogP contribution in [0.2, 0.25) is 0 Å². The Labute approximate surface area is 116 Å². The van der Waals surface area contributed by atoms with Gasteiger partial charge in [-0.15, -0.1) is 0 Å². The Hall–Kier alpha value is -1.52. The molecule has 2 heterocycles. The van der Waals surface area contributed by atoms with Crippen molar-refractivity contribution in [2.75, 3.05) is 0 Å². The maximum Gasteiger partial charge on any atom is 0.404 e. The zero-order valence-electron chi connectivity index (χ0n) is 9.78. The summed E-state index contributed by atoms with van der Waals surface area (Å²) < 4.78 is 7.23. The largest absolute Gasteiger partial charge is 0.404 e. The maximum absolute atomic E-state index is 11.3. The molecule has 3 N–H and O–H groups in total. The number of nitro groups is 1. The summed E-state index contributed by atoms with van der Waals surface area (Å²) in [6, 6.07) is 0. The molecule has 1 aromatic heterocycles. The molecule has 2 unspecified atom stereocenters. The highest BCUT2D eigenvalue weighted by Crippen LogP contribution is 2.25. The Balaban J connectivity index is 1.97. The van der Waals surface area contributed by atoms with Gasteiger partial charge in [0.25, 0.3) is 5.91 Å². The summed E-state index contributed by atoms with van der Waals surface area (Å²) in [6.45, 7) is 0.348. The molecule has 10 heteroatoms. The van der Waals surface area contributed by atoms with Gasteiger partial charge in [-0.2, -0.15) is 4.68 Å². The van der Waals surface area contributed by atoms with Crippen molar-refractivity contribution in [3.8, 4) is 0 Å². The van der Waals surface area contributed by atoms with E-state index >= 15 is 0 Å². The van der Waals surface area contributed by atoms with Crippen LogP contribution in [0.5, 0.6) is 0 Å². The van der Waals surface area contributed by atoms with Crippen LogP contribution in [0.3, 0.4) is 0 Å². The number of carbonyl (C=O) groups is 1. The number of amides is 1. The van der Waals surface area contributed by atoms with Gasteiger partial charge < -0.3 is 14.9 Å². The number of hydrazine groups is 1. The van der Waals surface area contributed by atoms with Crippen molar-refractivity contribution in [3.63, 3.8) is 0 Å². The summed E-state index contributed by atoms with van der Waals surface area (Å²) in [4.78, 5) is 21.4. The van der Waals surface area contributed by atoms with Gasteiger partial charge in [0.2, 0.25) is 0 Å². The minimum absolute atomic E-state index is 0.214. The second-order valence-electron chi connectivity index (χ2n) is 4.11. The predicted molar refractivity (Wildman–Crippen MR) is 66.8 cm³/mol. The van der Waals surface area contributed by atoms with E-state index in [4.69, 9.17) is 10.6 Å². The summed E-state index contributed by atoms with van der Waals surface area (Å²) in [5.74, 6) is 4.42. The third-order valence-corrected chi connectivity index (χ3v) is 3.36. The highest BCUT2D eigenvalue weighted by Gasteiger charge is 2.31. The first-order chi connectivity index (χ1) is 9.01. The molecule has 2 rings (SSSR count). The molecule has 0 aliphatic carbocycles. The molecular formula is C9H12BrN5O4. The lowest BCUT2D eigenvalue weighted by molar-refractivity contribution is -0.390. The Kier molecular flexibility index (Phi) is 4.12. The quantitative estimate of drug-likeness (QED) is 0.348. The van der Waals surface area contributed by atoms with E-state index in [9.17, 15) is 14.9 Å². The number of halogens is 1. The van der Waals surface area contributed by atoms with Gasteiger partial charge in [0, 0.05) is 0 Å². The predicted octanol–water partition coefficient (Wildman–Crippen LogP) is 0.0913. The fourth-order valence-corrected chi connectivity index (χ4v) is 2.40. The van der Waals surface area contributed by atoms with Crippen molar-refractivity contribution in [1.82, 2.24) is 15.2 Å².